The molecule has 0 radical (unpaired) electrons. The quantitative estimate of drug-likeness (QED) is 0.636. The maximum atomic E-state index is 11.8. The Morgan fingerprint density at radius 2 is 2.12 bits per heavy atom. The van der Waals surface area contributed by atoms with E-state index in [9.17, 15) is 13.2 Å². The number of carbonyl (C=O) groups excluding carboxylic acids is 1. The second-order valence-electron chi connectivity index (χ2n) is 4.06. The Kier molecular flexibility index (Phi) is 5.87. The van der Waals surface area contributed by atoms with E-state index >= 15 is 0 Å². The lowest BCUT2D eigenvalue weighted by molar-refractivity contribution is -0.130. The summed E-state index contributed by atoms with van der Waals surface area (Å²) < 4.78 is 27.6. The molecule has 0 aromatic carbocycles. The molecule has 1 heterocycles. The molecule has 1 rings (SSSR count). The van der Waals surface area contributed by atoms with Gasteiger partial charge in [-0.1, -0.05) is 0 Å². The van der Waals surface area contributed by atoms with Crippen LogP contribution in [-0.4, -0.2) is 70.6 Å². The van der Waals surface area contributed by atoms with Crippen molar-refractivity contribution >= 4 is 15.7 Å². The zero-order valence-electron chi connectivity index (χ0n) is 10.1. The van der Waals surface area contributed by atoms with Crippen molar-refractivity contribution in [3.63, 3.8) is 0 Å². The van der Waals surface area contributed by atoms with Gasteiger partial charge in [-0.25, -0.2) is 8.42 Å². The van der Waals surface area contributed by atoms with Crippen LogP contribution >= 0.6 is 0 Å². The van der Waals surface area contributed by atoms with Crippen LogP contribution in [0.25, 0.3) is 0 Å². The molecule has 1 aliphatic heterocycles. The molecule has 0 unspecified atom stereocenters. The van der Waals surface area contributed by atoms with Crippen LogP contribution < -0.4 is 5.32 Å². The van der Waals surface area contributed by atoms with Gasteiger partial charge >= 0.3 is 0 Å². The van der Waals surface area contributed by atoms with Gasteiger partial charge in [0.2, 0.25) is 5.91 Å². The third kappa shape index (κ3) is 5.47. The predicted octanol–water partition coefficient (Wildman–Crippen LogP) is -1.13. The fourth-order valence-corrected chi connectivity index (χ4v) is 2.94. The molecule has 17 heavy (non-hydrogen) atoms. The van der Waals surface area contributed by atoms with Crippen molar-refractivity contribution < 1.29 is 17.9 Å². The largest absolute Gasteiger partial charge is 0.383 e. The van der Waals surface area contributed by atoms with E-state index in [2.05, 4.69) is 5.32 Å². The summed E-state index contributed by atoms with van der Waals surface area (Å²) in [4.78, 5) is 13.4. The van der Waals surface area contributed by atoms with E-state index in [0.717, 1.165) is 0 Å². The molecule has 1 fully saturated rings. The number of methoxy groups -OCH3 is 1. The average Bonchev–Trinajstić information content (AvgIpc) is 2.45. The van der Waals surface area contributed by atoms with E-state index in [0.29, 0.717) is 32.7 Å². The van der Waals surface area contributed by atoms with Gasteiger partial charge in [0.15, 0.2) is 9.84 Å². The van der Waals surface area contributed by atoms with Gasteiger partial charge in [-0.3, -0.25) is 4.79 Å². The highest BCUT2D eigenvalue weighted by Gasteiger charge is 2.21. The molecule has 1 aliphatic rings. The van der Waals surface area contributed by atoms with E-state index in [4.69, 9.17) is 4.74 Å². The molecule has 0 aliphatic carbocycles. The Balaban J connectivity index is 2.32. The van der Waals surface area contributed by atoms with Crippen LogP contribution in [-0.2, 0) is 19.4 Å². The minimum absolute atomic E-state index is 0.0433. The standard InChI is InChI=1S/C10H20N2O4S/c1-16-6-3-11-9-10(13)12-4-2-7-17(14,15)8-5-12/h11H,2-9H2,1H3. The fraction of sp³-hybridized carbons (Fsp3) is 0.900. The maximum absolute atomic E-state index is 11.8. The first-order valence-electron chi connectivity index (χ1n) is 5.73. The molecule has 6 nitrogen and oxygen atoms in total. The Morgan fingerprint density at radius 3 is 2.82 bits per heavy atom. The van der Waals surface area contributed by atoms with Gasteiger partial charge in [-0.2, -0.15) is 0 Å². The summed E-state index contributed by atoms with van der Waals surface area (Å²) >= 11 is 0. The molecule has 1 saturated heterocycles. The average molecular weight is 264 g/mol. The van der Waals surface area contributed by atoms with Gasteiger partial charge < -0.3 is 15.0 Å². The molecular formula is C10H20N2O4S. The van der Waals surface area contributed by atoms with Crippen LogP contribution in [0.3, 0.4) is 0 Å². The lowest BCUT2D eigenvalue weighted by Crippen LogP contribution is -2.40. The van der Waals surface area contributed by atoms with E-state index < -0.39 is 9.84 Å². The summed E-state index contributed by atoms with van der Waals surface area (Å²) in [7, 11) is -1.35. The van der Waals surface area contributed by atoms with Gasteiger partial charge in [0.25, 0.3) is 0 Å². The molecule has 7 heteroatoms. The van der Waals surface area contributed by atoms with Crippen molar-refractivity contribution in [2.45, 2.75) is 6.42 Å². The van der Waals surface area contributed by atoms with E-state index in [1.807, 2.05) is 0 Å². The van der Waals surface area contributed by atoms with Crippen molar-refractivity contribution in [3.8, 4) is 0 Å². The molecule has 0 spiro atoms. The molecule has 0 saturated carbocycles. The van der Waals surface area contributed by atoms with E-state index in [-0.39, 0.29) is 24.0 Å². The number of hydrogen-bond acceptors (Lipinski definition) is 5. The molecule has 0 bridgehead atoms. The third-order valence-corrected chi connectivity index (χ3v) is 4.38. The summed E-state index contributed by atoms with van der Waals surface area (Å²) in [5.74, 6) is 0.225. The predicted molar refractivity (Wildman–Crippen MR) is 64.6 cm³/mol. The second kappa shape index (κ2) is 6.93. The second-order valence-corrected chi connectivity index (χ2v) is 6.36. The van der Waals surface area contributed by atoms with Crippen molar-refractivity contribution in [1.82, 2.24) is 10.2 Å². The van der Waals surface area contributed by atoms with Gasteiger partial charge in [0.05, 0.1) is 24.7 Å². The zero-order chi connectivity index (χ0) is 12.7. The number of rotatable bonds is 5. The number of hydrogen-bond donors (Lipinski definition) is 1. The first kappa shape index (κ1) is 14.4. The molecule has 0 aromatic rings. The summed E-state index contributed by atoms with van der Waals surface area (Å²) in [5.41, 5.74) is 0. The van der Waals surface area contributed by atoms with Crippen LogP contribution in [0.15, 0.2) is 0 Å². The van der Waals surface area contributed by atoms with Gasteiger partial charge in [0, 0.05) is 26.7 Å². The number of nitrogens with zero attached hydrogens (tertiary/aromatic N) is 1. The maximum Gasteiger partial charge on any atom is 0.236 e. The number of nitrogens with one attached hydrogen (secondary N) is 1. The lowest BCUT2D eigenvalue weighted by atomic mass is 10.4. The van der Waals surface area contributed by atoms with Gasteiger partial charge in [0.1, 0.15) is 0 Å². The van der Waals surface area contributed by atoms with Crippen molar-refractivity contribution in [3.05, 3.63) is 0 Å². The van der Waals surface area contributed by atoms with Crippen molar-refractivity contribution in [2.24, 2.45) is 0 Å². The molecule has 0 atom stereocenters. The first-order valence-corrected chi connectivity index (χ1v) is 7.55. The Hall–Kier alpha value is -0.660. The highest BCUT2D eigenvalue weighted by molar-refractivity contribution is 7.91. The molecule has 0 aromatic heterocycles. The first-order chi connectivity index (χ1) is 8.05. The molecule has 1 amide bonds. The van der Waals surface area contributed by atoms with Crippen LogP contribution in [0.2, 0.25) is 0 Å². The minimum Gasteiger partial charge on any atom is -0.383 e. The molecular weight excluding hydrogens is 244 g/mol. The summed E-state index contributed by atoms with van der Waals surface area (Å²) in [6.07, 6.45) is 0.534. The smallest absolute Gasteiger partial charge is 0.236 e. The van der Waals surface area contributed by atoms with Crippen LogP contribution in [0, 0.1) is 0 Å². The number of sulfone groups is 1. The summed E-state index contributed by atoms with van der Waals surface area (Å²) in [6.45, 7) is 2.26. The topological polar surface area (TPSA) is 75.7 Å². The van der Waals surface area contributed by atoms with Crippen molar-refractivity contribution in [2.75, 3.05) is 51.4 Å². The summed E-state index contributed by atoms with van der Waals surface area (Å²) in [6, 6.07) is 0. The number of ether oxygens (including phenoxy) is 1. The third-order valence-electron chi connectivity index (χ3n) is 2.67. The van der Waals surface area contributed by atoms with Crippen LogP contribution in [0.1, 0.15) is 6.42 Å². The van der Waals surface area contributed by atoms with E-state index in [1.165, 1.54) is 0 Å². The van der Waals surface area contributed by atoms with Crippen LogP contribution in [0.5, 0.6) is 0 Å². The normalized spacial score (nSPS) is 19.9. The molecule has 100 valence electrons. The minimum atomic E-state index is -2.95. The van der Waals surface area contributed by atoms with Gasteiger partial charge in [-0.05, 0) is 6.42 Å². The molecule has 1 N–H and O–H groups in total. The van der Waals surface area contributed by atoms with E-state index in [1.54, 1.807) is 12.0 Å². The number of carbonyl (C=O) groups is 1. The highest BCUT2D eigenvalue weighted by atomic mass is 32.2. The lowest BCUT2D eigenvalue weighted by Gasteiger charge is -2.19. The fourth-order valence-electron chi connectivity index (χ4n) is 1.67. The van der Waals surface area contributed by atoms with Crippen molar-refractivity contribution in [1.29, 1.82) is 0 Å². The van der Waals surface area contributed by atoms with Gasteiger partial charge in [-0.15, -0.1) is 0 Å². The SMILES string of the molecule is COCCNCC(=O)N1CCCS(=O)(=O)CC1. The summed E-state index contributed by atoms with van der Waals surface area (Å²) in [5, 5.41) is 2.96. The Bertz CT molecular complexity index is 342. The van der Waals surface area contributed by atoms with Crippen LogP contribution in [0.4, 0.5) is 0 Å². The zero-order valence-corrected chi connectivity index (χ0v) is 11.0. The monoisotopic (exact) mass is 264 g/mol. The number of amides is 1. The Morgan fingerprint density at radius 1 is 1.35 bits per heavy atom. The highest BCUT2D eigenvalue weighted by Crippen LogP contribution is 2.04. The Labute approximate surface area is 102 Å².